The fourth-order valence-electron chi connectivity index (χ4n) is 0. The molecular formula is C2H5Cl3FeNO2. The first-order valence-corrected chi connectivity index (χ1v) is 1.18. The third-order valence-corrected chi connectivity index (χ3v) is 0.157. The summed E-state index contributed by atoms with van der Waals surface area (Å²) in [5, 5.41) is 7.54. The van der Waals surface area contributed by atoms with Crippen LogP contribution in [0.1, 0.15) is 6.92 Å². The van der Waals surface area contributed by atoms with Crippen LogP contribution in [0.5, 0.6) is 0 Å². The minimum atomic E-state index is -0.440. The van der Waals surface area contributed by atoms with Crippen LogP contribution in [0.15, 0.2) is 0 Å². The van der Waals surface area contributed by atoms with E-state index in [2.05, 4.69) is 0 Å². The van der Waals surface area contributed by atoms with Crippen molar-refractivity contribution in [1.82, 2.24) is 5.48 Å². The number of hydrogen-bond donors (Lipinski definition) is 2. The van der Waals surface area contributed by atoms with E-state index in [1.807, 2.05) is 0 Å². The SMILES string of the molecule is CC(=O)NO.[Cl-].[Cl-].[Cl-].[Fe+3]. The Bertz CT molecular complexity index is 55.1. The predicted octanol–water partition coefficient (Wildman–Crippen LogP) is -9.48. The molecule has 0 fully saturated rings. The van der Waals surface area contributed by atoms with E-state index >= 15 is 0 Å². The molecule has 0 saturated carbocycles. The number of carbonyl (C=O) groups is 1. The first-order chi connectivity index (χ1) is 2.27. The third-order valence-electron chi connectivity index (χ3n) is 0.157. The molecule has 7 heteroatoms. The van der Waals surface area contributed by atoms with Gasteiger partial charge in [0, 0.05) is 6.92 Å². The normalized spacial score (nSPS) is 3.78. The standard InChI is InChI=1S/C2H5NO2.3ClH.Fe/c1-2(4)3-5;;;;/h5H,1H3,(H,3,4);3*1H;/q;;;;+3/p-3. The molecule has 0 aromatic rings. The van der Waals surface area contributed by atoms with E-state index in [-0.39, 0.29) is 54.3 Å². The van der Waals surface area contributed by atoms with Crippen LogP contribution in [0.25, 0.3) is 0 Å². The molecule has 0 aliphatic heterocycles. The summed E-state index contributed by atoms with van der Waals surface area (Å²) in [7, 11) is 0. The van der Waals surface area contributed by atoms with Crippen molar-refractivity contribution < 1.29 is 64.3 Å². The number of carbonyl (C=O) groups excluding carboxylic acids is 1. The van der Waals surface area contributed by atoms with E-state index in [9.17, 15) is 4.79 Å². The predicted molar refractivity (Wildman–Crippen MR) is 15.6 cm³/mol. The van der Waals surface area contributed by atoms with Crippen LogP contribution < -0.4 is 42.7 Å². The van der Waals surface area contributed by atoms with Crippen LogP contribution in [-0.4, -0.2) is 11.1 Å². The molecule has 0 spiro atoms. The zero-order valence-corrected chi connectivity index (χ0v) is 7.71. The van der Waals surface area contributed by atoms with Crippen molar-refractivity contribution in [3.8, 4) is 0 Å². The van der Waals surface area contributed by atoms with Gasteiger partial charge in [-0.05, 0) is 0 Å². The van der Waals surface area contributed by atoms with E-state index in [1.54, 1.807) is 0 Å². The molecule has 0 aromatic heterocycles. The second-order valence-electron chi connectivity index (χ2n) is 0.668. The van der Waals surface area contributed by atoms with E-state index in [0.29, 0.717) is 0 Å². The Morgan fingerprint density at radius 1 is 1.33 bits per heavy atom. The van der Waals surface area contributed by atoms with E-state index in [1.165, 1.54) is 12.4 Å². The molecule has 59 valence electrons. The summed E-state index contributed by atoms with van der Waals surface area (Å²) in [4.78, 5) is 9.45. The van der Waals surface area contributed by atoms with Gasteiger partial charge in [-0.1, -0.05) is 0 Å². The molecule has 0 heterocycles. The Morgan fingerprint density at radius 3 is 1.44 bits per heavy atom. The Kier molecular flexibility index (Phi) is 84.8. The summed E-state index contributed by atoms with van der Waals surface area (Å²) < 4.78 is 0. The molecule has 0 atom stereocenters. The van der Waals surface area contributed by atoms with Gasteiger partial charge in [-0.15, -0.1) is 0 Å². The minimum absolute atomic E-state index is 0. The summed E-state index contributed by atoms with van der Waals surface area (Å²) in [5.74, 6) is -0.440. The fraction of sp³-hybridized carbons (Fsp3) is 0.500. The van der Waals surface area contributed by atoms with Gasteiger partial charge in [0.2, 0.25) is 5.91 Å². The van der Waals surface area contributed by atoms with E-state index in [4.69, 9.17) is 5.21 Å². The number of rotatable bonds is 0. The smallest absolute Gasteiger partial charge is 1.00 e. The molecule has 0 bridgehead atoms. The van der Waals surface area contributed by atoms with Crippen LogP contribution in [0.4, 0.5) is 0 Å². The van der Waals surface area contributed by atoms with Crippen LogP contribution in [0.2, 0.25) is 0 Å². The van der Waals surface area contributed by atoms with Crippen molar-refractivity contribution >= 4 is 5.91 Å². The topological polar surface area (TPSA) is 49.3 Å². The summed E-state index contributed by atoms with van der Waals surface area (Å²) in [6.07, 6.45) is 0. The molecule has 0 aliphatic rings. The first-order valence-electron chi connectivity index (χ1n) is 1.18. The van der Waals surface area contributed by atoms with Crippen molar-refractivity contribution in [2.24, 2.45) is 0 Å². The van der Waals surface area contributed by atoms with Crippen LogP contribution in [-0.2, 0) is 21.9 Å². The zero-order valence-electron chi connectivity index (χ0n) is 4.34. The van der Waals surface area contributed by atoms with Gasteiger partial charge in [0.25, 0.3) is 0 Å². The van der Waals surface area contributed by atoms with Gasteiger partial charge in [0.05, 0.1) is 0 Å². The Labute approximate surface area is 82.6 Å². The molecule has 1 amide bonds. The summed E-state index contributed by atoms with van der Waals surface area (Å²) in [5.41, 5.74) is 1.39. The van der Waals surface area contributed by atoms with Gasteiger partial charge in [-0.2, -0.15) is 0 Å². The summed E-state index contributed by atoms with van der Waals surface area (Å²) in [6, 6.07) is 0. The molecule has 0 aliphatic carbocycles. The van der Waals surface area contributed by atoms with Crippen molar-refractivity contribution in [2.75, 3.05) is 0 Å². The number of halogens is 3. The van der Waals surface area contributed by atoms with E-state index in [0.717, 1.165) is 0 Å². The molecular weight excluding hydrogens is 232 g/mol. The first kappa shape index (κ1) is 32.9. The van der Waals surface area contributed by atoms with Gasteiger partial charge < -0.3 is 37.2 Å². The maximum absolute atomic E-state index is 9.45. The van der Waals surface area contributed by atoms with Crippen molar-refractivity contribution in [1.29, 1.82) is 0 Å². The monoisotopic (exact) mass is 236 g/mol. The quantitative estimate of drug-likeness (QED) is 0.250. The minimum Gasteiger partial charge on any atom is -1.00 e. The average Bonchev–Trinajstić information content (AvgIpc) is 1.38. The van der Waals surface area contributed by atoms with Crippen LogP contribution >= 0.6 is 0 Å². The van der Waals surface area contributed by atoms with Gasteiger partial charge in [-0.25, -0.2) is 5.48 Å². The van der Waals surface area contributed by atoms with Gasteiger partial charge in [-0.3, -0.25) is 10.0 Å². The fourth-order valence-corrected chi connectivity index (χ4v) is 0. The summed E-state index contributed by atoms with van der Waals surface area (Å²) in [6.45, 7) is 1.22. The average molecular weight is 237 g/mol. The number of nitrogens with one attached hydrogen (secondary N) is 1. The maximum Gasteiger partial charge on any atom is 3.00 e. The van der Waals surface area contributed by atoms with Gasteiger partial charge in [0.15, 0.2) is 0 Å². The second-order valence-corrected chi connectivity index (χ2v) is 0.668. The molecule has 2 N–H and O–H groups in total. The van der Waals surface area contributed by atoms with Crippen molar-refractivity contribution in [3.63, 3.8) is 0 Å². The largest absolute Gasteiger partial charge is 3.00 e. The van der Waals surface area contributed by atoms with Gasteiger partial charge >= 0.3 is 17.1 Å². The third kappa shape index (κ3) is 51.6. The van der Waals surface area contributed by atoms with E-state index < -0.39 is 5.91 Å². The van der Waals surface area contributed by atoms with Crippen molar-refractivity contribution in [3.05, 3.63) is 0 Å². The van der Waals surface area contributed by atoms with Crippen molar-refractivity contribution in [2.45, 2.75) is 6.92 Å². The number of hydroxylamine groups is 1. The molecule has 9 heavy (non-hydrogen) atoms. The van der Waals surface area contributed by atoms with Crippen LogP contribution in [0.3, 0.4) is 0 Å². The molecule has 1 radical (unpaired) electrons. The Hall–Kier alpha value is 0.819. The molecule has 3 nitrogen and oxygen atoms in total. The molecule has 0 aromatic carbocycles. The Balaban J connectivity index is -0.0000000133. The molecule has 0 rings (SSSR count). The molecule has 0 saturated heterocycles. The Morgan fingerprint density at radius 2 is 1.44 bits per heavy atom. The number of amides is 1. The maximum atomic E-state index is 9.45. The second kappa shape index (κ2) is 23.2. The van der Waals surface area contributed by atoms with Crippen LogP contribution in [0, 0.1) is 0 Å². The van der Waals surface area contributed by atoms with Gasteiger partial charge in [0.1, 0.15) is 0 Å². The summed E-state index contributed by atoms with van der Waals surface area (Å²) >= 11 is 0. The number of hydrogen-bond acceptors (Lipinski definition) is 2. The zero-order chi connectivity index (χ0) is 4.28. The molecule has 0 unspecified atom stereocenters.